The first-order valence-electron chi connectivity index (χ1n) is 5.44. The molecule has 0 fully saturated rings. The zero-order valence-corrected chi connectivity index (χ0v) is 10.5. The number of carboxylic acid groups (broad SMARTS) is 1. The van der Waals surface area contributed by atoms with E-state index in [1.165, 1.54) is 6.92 Å². The van der Waals surface area contributed by atoms with E-state index < -0.39 is 12.0 Å². The molecule has 0 bridgehead atoms. The molecule has 0 radical (unpaired) electrons. The average molecular weight is 235 g/mol. The molecule has 0 aliphatic heterocycles. The van der Waals surface area contributed by atoms with Crippen molar-refractivity contribution in [1.82, 2.24) is 5.32 Å². The second kappa shape index (κ2) is 4.99. The molecule has 0 heterocycles. The molecular weight excluding hydrogens is 218 g/mol. The van der Waals surface area contributed by atoms with Crippen molar-refractivity contribution in [3.63, 3.8) is 0 Å². The van der Waals surface area contributed by atoms with Gasteiger partial charge in [-0.1, -0.05) is 17.7 Å². The predicted molar refractivity (Wildman–Crippen MR) is 65.2 cm³/mol. The minimum atomic E-state index is -1.04. The molecule has 1 rings (SSSR count). The van der Waals surface area contributed by atoms with E-state index in [-0.39, 0.29) is 5.91 Å². The number of hydrogen-bond donors (Lipinski definition) is 2. The molecule has 0 saturated heterocycles. The number of amides is 1. The van der Waals surface area contributed by atoms with Gasteiger partial charge in [0.25, 0.3) is 5.91 Å². The van der Waals surface area contributed by atoms with Gasteiger partial charge in [0.15, 0.2) is 0 Å². The fourth-order valence-corrected chi connectivity index (χ4v) is 1.87. The smallest absolute Gasteiger partial charge is 0.325 e. The van der Waals surface area contributed by atoms with Gasteiger partial charge in [0.2, 0.25) is 0 Å². The molecule has 4 heteroatoms. The van der Waals surface area contributed by atoms with Crippen molar-refractivity contribution in [2.45, 2.75) is 33.7 Å². The molecule has 1 unspecified atom stereocenters. The van der Waals surface area contributed by atoms with Crippen LogP contribution in [-0.4, -0.2) is 23.0 Å². The van der Waals surface area contributed by atoms with E-state index in [1.807, 2.05) is 32.9 Å². The lowest BCUT2D eigenvalue weighted by molar-refractivity contribution is -0.138. The summed E-state index contributed by atoms with van der Waals surface area (Å²) in [5.41, 5.74) is 3.36. The van der Waals surface area contributed by atoms with Crippen LogP contribution in [0.5, 0.6) is 0 Å². The number of carbonyl (C=O) groups excluding carboxylic acids is 1. The van der Waals surface area contributed by atoms with Crippen LogP contribution < -0.4 is 5.32 Å². The number of hydrogen-bond acceptors (Lipinski definition) is 2. The average Bonchev–Trinajstić information content (AvgIpc) is 2.15. The number of carbonyl (C=O) groups is 2. The lowest BCUT2D eigenvalue weighted by Crippen LogP contribution is -2.38. The van der Waals surface area contributed by atoms with E-state index >= 15 is 0 Å². The molecule has 1 aromatic carbocycles. The zero-order chi connectivity index (χ0) is 13.2. The molecule has 0 spiro atoms. The number of aliphatic carboxylic acids is 1. The lowest BCUT2D eigenvalue weighted by Gasteiger charge is -2.13. The van der Waals surface area contributed by atoms with Crippen molar-refractivity contribution in [3.05, 3.63) is 34.4 Å². The number of carboxylic acids is 1. The van der Waals surface area contributed by atoms with Crippen molar-refractivity contribution in [1.29, 1.82) is 0 Å². The summed E-state index contributed by atoms with van der Waals surface area (Å²) >= 11 is 0. The van der Waals surface area contributed by atoms with Crippen molar-refractivity contribution >= 4 is 11.9 Å². The molecule has 1 amide bonds. The second-order valence-corrected chi connectivity index (χ2v) is 4.31. The molecule has 0 aromatic heterocycles. The Morgan fingerprint density at radius 1 is 1.18 bits per heavy atom. The molecular formula is C13H17NO3. The summed E-state index contributed by atoms with van der Waals surface area (Å²) in [5.74, 6) is -1.38. The van der Waals surface area contributed by atoms with Gasteiger partial charge in [0, 0.05) is 5.56 Å². The molecule has 1 aromatic rings. The topological polar surface area (TPSA) is 66.4 Å². The van der Waals surface area contributed by atoms with Crippen LogP contribution in [0.1, 0.15) is 34.0 Å². The van der Waals surface area contributed by atoms with Gasteiger partial charge in [-0.15, -0.1) is 0 Å². The molecule has 17 heavy (non-hydrogen) atoms. The highest BCUT2D eigenvalue weighted by Gasteiger charge is 2.18. The van der Waals surface area contributed by atoms with Gasteiger partial charge in [-0.25, -0.2) is 0 Å². The Hall–Kier alpha value is -1.84. The fourth-order valence-electron chi connectivity index (χ4n) is 1.87. The van der Waals surface area contributed by atoms with Crippen LogP contribution in [0.15, 0.2) is 12.1 Å². The summed E-state index contributed by atoms with van der Waals surface area (Å²) in [6.45, 7) is 7.10. The minimum absolute atomic E-state index is 0.338. The first-order chi connectivity index (χ1) is 7.82. The maximum Gasteiger partial charge on any atom is 0.325 e. The summed E-state index contributed by atoms with van der Waals surface area (Å²) in [5, 5.41) is 11.2. The van der Waals surface area contributed by atoms with Gasteiger partial charge in [-0.05, 0) is 38.8 Å². The molecule has 0 aliphatic carbocycles. The maximum absolute atomic E-state index is 11.9. The quantitative estimate of drug-likeness (QED) is 0.839. The second-order valence-electron chi connectivity index (χ2n) is 4.31. The van der Waals surface area contributed by atoms with Crippen LogP contribution in [0.3, 0.4) is 0 Å². The first-order valence-corrected chi connectivity index (χ1v) is 5.44. The van der Waals surface area contributed by atoms with Crippen LogP contribution in [0.4, 0.5) is 0 Å². The maximum atomic E-state index is 11.9. The molecule has 4 nitrogen and oxygen atoms in total. The third kappa shape index (κ3) is 3.06. The summed E-state index contributed by atoms with van der Waals surface area (Å²) in [7, 11) is 0. The van der Waals surface area contributed by atoms with Gasteiger partial charge < -0.3 is 10.4 Å². The highest BCUT2D eigenvalue weighted by Crippen LogP contribution is 2.16. The Balaban J connectivity index is 3.01. The van der Waals surface area contributed by atoms with Gasteiger partial charge in [0.1, 0.15) is 6.04 Å². The Bertz CT molecular complexity index is 443. The van der Waals surface area contributed by atoms with Gasteiger partial charge in [-0.2, -0.15) is 0 Å². The molecule has 92 valence electrons. The summed E-state index contributed by atoms with van der Waals surface area (Å²) in [4.78, 5) is 22.6. The largest absolute Gasteiger partial charge is 0.480 e. The van der Waals surface area contributed by atoms with Crippen molar-refractivity contribution < 1.29 is 14.7 Å². The van der Waals surface area contributed by atoms with Crippen LogP contribution in [0.2, 0.25) is 0 Å². The lowest BCUT2D eigenvalue weighted by atomic mass is 9.99. The van der Waals surface area contributed by atoms with Crippen LogP contribution in [0.25, 0.3) is 0 Å². The minimum Gasteiger partial charge on any atom is -0.480 e. The predicted octanol–water partition coefficient (Wildman–Crippen LogP) is 1.81. The third-order valence-corrected chi connectivity index (χ3v) is 2.62. The standard InChI is InChI=1S/C13H17NO3/c1-7-5-8(2)11(9(3)6-7)12(15)14-10(4)13(16)17/h5-6,10H,1-4H3,(H,14,15)(H,16,17). The van der Waals surface area contributed by atoms with E-state index in [0.717, 1.165) is 16.7 Å². The Morgan fingerprint density at radius 3 is 2.06 bits per heavy atom. The molecule has 2 N–H and O–H groups in total. The SMILES string of the molecule is Cc1cc(C)c(C(=O)NC(C)C(=O)O)c(C)c1. The zero-order valence-electron chi connectivity index (χ0n) is 10.5. The number of rotatable bonds is 3. The highest BCUT2D eigenvalue weighted by atomic mass is 16.4. The van der Waals surface area contributed by atoms with Gasteiger partial charge in [-0.3, -0.25) is 9.59 Å². The highest BCUT2D eigenvalue weighted by molar-refractivity contribution is 5.99. The first kappa shape index (κ1) is 13.2. The summed E-state index contributed by atoms with van der Waals surface area (Å²) in [6.07, 6.45) is 0. The summed E-state index contributed by atoms with van der Waals surface area (Å²) < 4.78 is 0. The number of aryl methyl sites for hydroxylation is 3. The fraction of sp³-hybridized carbons (Fsp3) is 0.385. The Kier molecular flexibility index (Phi) is 3.89. The molecule has 0 aliphatic rings. The van der Waals surface area contributed by atoms with Crippen molar-refractivity contribution in [3.8, 4) is 0 Å². The van der Waals surface area contributed by atoms with Crippen LogP contribution in [0, 0.1) is 20.8 Å². The Labute approximate surface area is 101 Å². The van der Waals surface area contributed by atoms with Crippen LogP contribution >= 0.6 is 0 Å². The third-order valence-electron chi connectivity index (χ3n) is 2.62. The van der Waals surface area contributed by atoms with Crippen molar-refractivity contribution in [2.75, 3.05) is 0 Å². The Morgan fingerprint density at radius 2 is 1.65 bits per heavy atom. The van der Waals surface area contributed by atoms with E-state index in [9.17, 15) is 9.59 Å². The molecule has 1 atom stereocenters. The number of benzene rings is 1. The van der Waals surface area contributed by atoms with E-state index in [1.54, 1.807) is 0 Å². The summed E-state index contributed by atoms with van der Waals surface area (Å²) in [6, 6.07) is 2.93. The van der Waals surface area contributed by atoms with Crippen molar-refractivity contribution in [2.24, 2.45) is 0 Å². The van der Waals surface area contributed by atoms with Crippen LogP contribution in [-0.2, 0) is 4.79 Å². The molecule has 0 saturated carbocycles. The van der Waals surface area contributed by atoms with Gasteiger partial charge >= 0.3 is 5.97 Å². The number of nitrogens with one attached hydrogen (secondary N) is 1. The van der Waals surface area contributed by atoms with E-state index in [4.69, 9.17) is 5.11 Å². The monoisotopic (exact) mass is 235 g/mol. The van der Waals surface area contributed by atoms with E-state index in [0.29, 0.717) is 5.56 Å². The van der Waals surface area contributed by atoms with E-state index in [2.05, 4.69) is 5.32 Å². The van der Waals surface area contributed by atoms with Gasteiger partial charge in [0.05, 0.1) is 0 Å². The normalized spacial score (nSPS) is 12.0.